The number of carbonyl (C=O) groups is 3. The fourth-order valence-corrected chi connectivity index (χ4v) is 6.40. The van der Waals surface area contributed by atoms with E-state index in [4.69, 9.17) is 4.74 Å². The summed E-state index contributed by atoms with van der Waals surface area (Å²) in [7, 11) is -3.59. The van der Waals surface area contributed by atoms with Crippen LogP contribution in [0.1, 0.15) is 26.3 Å². The van der Waals surface area contributed by atoms with Crippen molar-refractivity contribution in [3.63, 3.8) is 0 Å². The number of benzene rings is 6. The van der Waals surface area contributed by atoms with Crippen LogP contribution in [0, 0.1) is 6.92 Å². The molecule has 0 saturated carbocycles. The zero-order chi connectivity index (χ0) is 37.3. The number of rotatable bonds is 8. The lowest BCUT2D eigenvalue weighted by Crippen LogP contribution is -2.33. The summed E-state index contributed by atoms with van der Waals surface area (Å²) in [5.74, 6) is -1.80. The van der Waals surface area contributed by atoms with Gasteiger partial charge >= 0.3 is 12.0 Å². The first-order chi connectivity index (χ1) is 25.5. The summed E-state index contributed by atoms with van der Waals surface area (Å²) in [4.78, 5) is 43.4. The molecule has 0 aliphatic heterocycles. The van der Waals surface area contributed by atoms with Crippen LogP contribution < -0.4 is 19.7 Å². The van der Waals surface area contributed by atoms with Gasteiger partial charge in [0.1, 0.15) is 17.0 Å². The summed E-state index contributed by atoms with van der Waals surface area (Å²) in [6.45, 7) is 1.83. The fraction of sp³-hybridized carbons (Fsp3) is 0.0513. The summed E-state index contributed by atoms with van der Waals surface area (Å²) < 4.78 is 33.2. The van der Waals surface area contributed by atoms with Crippen molar-refractivity contribution in [3.05, 3.63) is 144 Å². The van der Waals surface area contributed by atoms with Gasteiger partial charge in [0.15, 0.2) is 0 Å². The molecular formula is C39H30N6O7S. The predicted molar refractivity (Wildman–Crippen MR) is 202 cm³/mol. The number of anilines is 4. The second kappa shape index (κ2) is 13.9. The first kappa shape index (κ1) is 34.4. The van der Waals surface area contributed by atoms with Gasteiger partial charge in [0.05, 0.1) is 34.3 Å². The number of hydrogen-bond acceptors (Lipinski definition) is 9. The average Bonchev–Trinajstić information content (AvgIpc) is 3.58. The van der Waals surface area contributed by atoms with Crippen LogP contribution in [0.15, 0.2) is 127 Å². The van der Waals surface area contributed by atoms with E-state index in [9.17, 15) is 27.9 Å². The van der Waals surface area contributed by atoms with Crippen LogP contribution in [0.25, 0.3) is 21.8 Å². The molecule has 0 aliphatic rings. The van der Waals surface area contributed by atoms with Crippen molar-refractivity contribution in [2.24, 2.45) is 0 Å². The van der Waals surface area contributed by atoms with E-state index in [1.165, 1.54) is 41.3 Å². The number of ether oxygens (including phenoxy) is 1. The van der Waals surface area contributed by atoms with E-state index >= 15 is 0 Å². The lowest BCUT2D eigenvalue weighted by Gasteiger charge is -2.25. The number of para-hydroxylation sites is 3. The molecule has 14 heteroatoms. The van der Waals surface area contributed by atoms with Crippen LogP contribution in [-0.2, 0) is 10.0 Å². The summed E-state index contributed by atoms with van der Waals surface area (Å²) in [5, 5.41) is 22.8. The zero-order valence-corrected chi connectivity index (χ0v) is 29.0. The molecule has 7 rings (SSSR count). The molecule has 0 unspecified atom stereocenters. The number of nitrogens with one attached hydrogen (secondary N) is 2. The van der Waals surface area contributed by atoms with Crippen molar-refractivity contribution in [2.75, 3.05) is 21.2 Å². The third kappa shape index (κ3) is 6.98. The first-order valence-electron chi connectivity index (χ1n) is 16.1. The fourth-order valence-electron chi connectivity index (χ4n) is 5.83. The minimum atomic E-state index is -3.59. The van der Waals surface area contributed by atoms with Crippen LogP contribution in [0.5, 0.6) is 11.5 Å². The van der Waals surface area contributed by atoms with Crippen molar-refractivity contribution in [2.45, 2.75) is 6.92 Å². The van der Waals surface area contributed by atoms with Gasteiger partial charge < -0.3 is 15.2 Å². The molecular weight excluding hydrogens is 697 g/mol. The SMILES string of the molecule is Cc1ccccc1NC(=O)c1cc(OC(=O)c2ccccc2N(C(=O)n2nnc3ccccc32)c2ccc(NS(C)(=O)=O)cc2)c2ccccc2c1O. The van der Waals surface area contributed by atoms with Crippen molar-refractivity contribution < 1.29 is 32.6 Å². The highest BCUT2D eigenvalue weighted by Crippen LogP contribution is 2.38. The van der Waals surface area contributed by atoms with Crippen LogP contribution in [-0.4, -0.2) is 52.7 Å². The molecule has 0 fully saturated rings. The minimum Gasteiger partial charge on any atom is -0.506 e. The van der Waals surface area contributed by atoms with Gasteiger partial charge in [0.25, 0.3) is 5.91 Å². The van der Waals surface area contributed by atoms with Gasteiger partial charge in [0.2, 0.25) is 10.0 Å². The normalized spacial score (nSPS) is 11.3. The summed E-state index contributed by atoms with van der Waals surface area (Å²) in [5.41, 5.74) is 2.68. The maximum atomic E-state index is 14.4. The molecule has 1 aromatic heterocycles. The number of aromatic hydroxyl groups is 1. The molecule has 0 atom stereocenters. The number of phenols is 1. The number of sulfonamides is 1. The average molecular weight is 727 g/mol. The molecule has 7 aromatic rings. The lowest BCUT2D eigenvalue weighted by molar-refractivity contribution is 0.0736. The molecule has 264 valence electrons. The number of nitrogens with zero attached hydrogens (tertiary/aromatic N) is 4. The van der Waals surface area contributed by atoms with E-state index in [1.54, 1.807) is 78.9 Å². The van der Waals surface area contributed by atoms with E-state index in [1.807, 2.05) is 19.1 Å². The molecule has 3 N–H and O–H groups in total. The van der Waals surface area contributed by atoms with Gasteiger partial charge in [0, 0.05) is 22.1 Å². The molecule has 13 nitrogen and oxygen atoms in total. The number of hydrogen-bond donors (Lipinski definition) is 3. The van der Waals surface area contributed by atoms with Crippen molar-refractivity contribution >= 4 is 72.5 Å². The molecule has 0 aliphatic carbocycles. The van der Waals surface area contributed by atoms with E-state index in [0.29, 0.717) is 22.1 Å². The number of carbonyl (C=O) groups excluding carboxylic acids is 3. The van der Waals surface area contributed by atoms with Gasteiger partial charge in [-0.3, -0.25) is 14.4 Å². The molecule has 0 saturated heterocycles. The van der Waals surface area contributed by atoms with E-state index < -0.39 is 27.9 Å². The molecule has 2 amide bonds. The maximum Gasteiger partial charge on any atom is 0.355 e. The topological polar surface area (TPSA) is 173 Å². The highest BCUT2D eigenvalue weighted by Gasteiger charge is 2.29. The summed E-state index contributed by atoms with van der Waals surface area (Å²) >= 11 is 0. The highest BCUT2D eigenvalue weighted by molar-refractivity contribution is 7.92. The maximum absolute atomic E-state index is 14.4. The Kier molecular flexibility index (Phi) is 9.04. The Bertz CT molecular complexity index is 2680. The zero-order valence-electron chi connectivity index (χ0n) is 28.2. The summed E-state index contributed by atoms with van der Waals surface area (Å²) in [6, 6.07) is 33.5. The number of aryl methyl sites for hydroxylation is 1. The second-order valence-corrected chi connectivity index (χ2v) is 13.8. The third-order valence-electron chi connectivity index (χ3n) is 8.34. The Morgan fingerprint density at radius 3 is 2.21 bits per heavy atom. The Morgan fingerprint density at radius 2 is 1.45 bits per heavy atom. The standard InChI is InChI=1S/C39H30N6O7S/c1-24-11-3-7-15-31(24)40-37(47)30-23-35(27-12-4-5-13-28(27)36(30)46)52-38(48)29-14-6-9-17-33(29)44(26-21-19-25(20-22-26)42-53(2,50)51)39(49)45-34-18-10-8-16-32(34)41-43-45/h3-23,42,46H,1-2H3,(H,40,47). The van der Waals surface area contributed by atoms with Gasteiger partial charge in [-0.15, -0.1) is 5.10 Å². The van der Waals surface area contributed by atoms with E-state index in [-0.39, 0.29) is 45.1 Å². The molecule has 53 heavy (non-hydrogen) atoms. The van der Waals surface area contributed by atoms with Crippen LogP contribution in [0.2, 0.25) is 0 Å². The van der Waals surface area contributed by atoms with Crippen LogP contribution in [0.3, 0.4) is 0 Å². The van der Waals surface area contributed by atoms with Crippen LogP contribution >= 0.6 is 0 Å². The van der Waals surface area contributed by atoms with Gasteiger partial charge in [-0.1, -0.05) is 71.9 Å². The van der Waals surface area contributed by atoms with Crippen molar-refractivity contribution in [1.82, 2.24) is 15.0 Å². The molecule has 1 heterocycles. The van der Waals surface area contributed by atoms with Gasteiger partial charge in [-0.05, 0) is 73.2 Å². The van der Waals surface area contributed by atoms with Crippen molar-refractivity contribution in [3.8, 4) is 11.5 Å². The number of amides is 2. The minimum absolute atomic E-state index is 0.00974. The van der Waals surface area contributed by atoms with E-state index in [2.05, 4.69) is 20.4 Å². The largest absolute Gasteiger partial charge is 0.506 e. The third-order valence-corrected chi connectivity index (χ3v) is 8.94. The second-order valence-electron chi connectivity index (χ2n) is 12.0. The summed E-state index contributed by atoms with van der Waals surface area (Å²) in [6.07, 6.45) is 1.02. The molecule has 6 aromatic carbocycles. The smallest absolute Gasteiger partial charge is 0.355 e. The predicted octanol–water partition coefficient (Wildman–Crippen LogP) is 7.25. The number of aromatic nitrogens is 3. The first-order valence-corrected chi connectivity index (χ1v) is 18.0. The number of phenolic OH excluding ortho intramolecular Hbond substituents is 1. The molecule has 0 spiro atoms. The van der Waals surface area contributed by atoms with Gasteiger partial charge in [-0.2, -0.15) is 4.68 Å². The lowest BCUT2D eigenvalue weighted by atomic mass is 10.0. The van der Waals surface area contributed by atoms with Gasteiger partial charge in [-0.25, -0.2) is 18.0 Å². The highest BCUT2D eigenvalue weighted by atomic mass is 32.2. The van der Waals surface area contributed by atoms with Crippen molar-refractivity contribution in [1.29, 1.82) is 0 Å². The Hall–Kier alpha value is -7.06. The monoisotopic (exact) mass is 726 g/mol. The van der Waals surface area contributed by atoms with Crippen LogP contribution in [0.4, 0.5) is 27.5 Å². The Morgan fingerprint density at radius 1 is 0.792 bits per heavy atom. The Labute approximate surface area is 303 Å². The molecule has 0 bridgehead atoms. The number of esters is 1. The molecule has 0 radical (unpaired) electrons. The Balaban J connectivity index is 1.31. The van der Waals surface area contributed by atoms with E-state index in [0.717, 1.165) is 16.5 Å². The quantitative estimate of drug-likeness (QED) is 0.108. The number of fused-ring (bicyclic) bond motifs is 2.